The smallest absolute Gasteiger partial charge is 0.237 e. The standard InChI is InChI=1S/C22H37N3O/c26-22(23-21-18-12-16-11-17(14-18)15-19(21)13-16)20-5-4-8-25(20)10-9-24-6-2-1-3-7-24/h16-21H,1-15H2,(H,23,26)/t16?,17?,18?,19?,20-,21?/m1/s1. The van der Waals surface area contributed by atoms with Crippen molar-refractivity contribution >= 4 is 5.91 Å². The minimum atomic E-state index is 0.150. The summed E-state index contributed by atoms with van der Waals surface area (Å²) in [5.74, 6) is 3.91. The first-order valence-corrected chi connectivity index (χ1v) is 11.5. The molecule has 4 saturated carbocycles. The Kier molecular flexibility index (Phi) is 4.99. The van der Waals surface area contributed by atoms with Crippen molar-refractivity contribution < 1.29 is 4.79 Å². The predicted molar refractivity (Wildman–Crippen MR) is 104 cm³/mol. The Morgan fingerprint density at radius 2 is 1.50 bits per heavy atom. The van der Waals surface area contributed by atoms with Crippen LogP contribution in [0, 0.1) is 23.7 Å². The fourth-order valence-corrected chi connectivity index (χ4v) is 7.26. The molecule has 0 spiro atoms. The zero-order valence-corrected chi connectivity index (χ0v) is 16.4. The molecule has 6 aliphatic rings. The van der Waals surface area contributed by atoms with E-state index < -0.39 is 0 Å². The molecule has 2 aliphatic heterocycles. The van der Waals surface area contributed by atoms with Gasteiger partial charge >= 0.3 is 0 Å². The molecule has 0 aromatic rings. The Labute approximate surface area is 159 Å². The summed E-state index contributed by atoms with van der Waals surface area (Å²) in [5.41, 5.74) is 0. The van der Waals surface area contributed by atoms with Gasteiger partial charge in [-0.25, -0.2) is 0 Å². The van der Waals surface area contributed by atoms with Crippen LogP contribution in [-0.2, 0) is 4.79 Å². The van der Waals surface area contributed by atoms with Crippen molar-refractivity contribution in [2.24, 2.45) is 23.7 Å². The van der Waals surface area contributed by atoms with E-state index >= 15 is 0 Å². The fraction of sp³-hybridized carbons (Fsp3) is 0.955. The van der Waals surface area contributed by atoms with E-state index in [4.69, 9.17) is 0 Å². The summed E-state index contributed by atoms with van der Waals surface area (Å²) in [5, 5.41) is 3.58. The van der Waals surface area contributed by atoms with Gasteiger partial charge in [-0.2, -0.15) is 0 Å². The predicted octanol–water partition coefficient (Wildman–Crippen LogP) is 2.88. The zero-order valence-electron chi connectivity index (χ0n) is 16.4. The lowest BCUT2D eigenvalue weighted by atomic mass is 9.54. The molecule has 1 atom stereocenters. The number of piperidine rings is 1. The molecule has 4 nitrogen and oxygen atoms in total. The maximum atomic E-state index is 13.1. The molecular weight excluding hydrogens is 322 g/mol. The number of carbonyl (C=O) groups excluding carboxylic acids is 1. The van der Waals surface area contributed by atoms with Crippen LogP contribution in [0.2, 0.25) is 0 Å². The molecule has 6 fully saturated rings. The summed E-state index contributed by atoms with van der Waals surface area (Å²) in [6, 6.07) is 0.650. The topological polar surface area (TPSA) is 35.6 Å². The molecule has 2 saturated heterocycles. The van der Waals surface area contributed by atoms with Crippen molar-refractivity contribution in [2.45, 2.75) is 76.3 Å². The van der Waals surface area contributed by atoms with E-state index in [2.05, 4.69) is 15.1 Å². The number of amides is 1. The molecule has 0 radical (unpaired) electrons. The van der Waals surface area contributed by atoms with Crippen molar-refractivity contribution in [1.29, 1.82) is 0 Å². The quantitative estimate of drug-likeness (QED) is 0.820. The van der Waals surface area contributed by atoms with Crippen molar-refractivity contribution in [3.05, 3.63) is 0 Å². The van der Waals surface area contributed by atoms with Gasteiger partial charge in [0.15, 0.2) is 0 Å². The van der Waals surface area contributed by atoms with Gasteiger partial charge in [0.2, 0.25) is 5.91 Å². The number of likely N-dealkylation sites (tertiary alicyclic amines) is 2. The van der Waals surface area contributed by atoms with Gasteiger partial charge in [0.25, 0.3) is 0 Å². The van der Waals surface area contributed by atoms with E-state index in [1.165, 1.54) is 70.9 Å². The van der Waals surface area contributed by atoms with Gasteiger partial charge in [0.1, 0.15) is 0 Å². The average molecular weight is 360 g/mol. The van der Waals surface area contributed by atoms with E-state index in [1.807, 2.05) is 0 Å². The normalized spacial score (nSPS) is 43.1. The highest BCUT2D eigenvalue weighted by atomic mass is 16.2. The number of carbonyl (C=O) groups is 1. The van der Waals surface area contributed by atoms with E-state index in [9.17, 15) is 4.79 Å². The van der Waals surface area contributed by atoms with Gasteiger partial charge in [-0.1, -0.05) is 6.42 Å². The van der Waals surface area contributed by atoms with Gasteiger partial charge in [-0.15, -0.1) is 0 Å². The summed E-state index contributed by atoms with van der Waals surface area (Å²) in [7, 11) is 0. The second kappa shape index (κ2) is 7.43. The molecule has 0 unspecified atom stereocenters. The van der Waals surface area contributed by atoms with Crippen LogP contribution in [0.4, 0.5) is 0 Å². The SMILES string of the molecule is O=C(NC1C2CC3CC(C2)CC1C3)[C@H]1CCCN1CCN1CCCCC1. The Morgan fingerprint density at radius 1 is 0.808 bits per heavy atom. The van der Waals surface area contributed by atoms with Crippen LogP contribution in [-0.4, -0.2) is 60.5 Å². The minimum absolute atomic E-state index is 0.150. The third kappa shape index (κ3) is 3.44. The van der Waals surface area contributed by atoms with Crippen LogP contribution in [0.5, 0.6) is 0 Å². The summed E-state index contributed by atoms with van der Waals surface area (Å²) >= 11 is 0. The second-order valence-electron chi connectivity index (χ2n) is 10.1. The van der Waals surface area contributed by atoms with Crippen LogP contribution < -0.4 is 5.32 Å². The first-order valence-electron chi connectivity index (χ1n) is 11.5. The van der Waals surface area contributed by atoms with Gasteiger partial charge < -0.3 is 10.2 Å². The van der Waals surface area contributed by atoms with Crippen LogP contribution >= 0.6 is 0 Å². The maximum Gasteiger partial charge on any atom is 0.237 e. The zero-order chi connectivity index (χ0) is 17.5. The summed E-state index contributed by atoms with van der Waals surface area (Å²) in [6.45, 7) is 5.88. The van der Waals surface area contributed by atoms with E-state index in [1.54, 1.807) is 0 Å². The number of hydrogen-bond acceptors (Lipinski definition) is 3. The molecule has 4 aliphatic carbocycles. The number of hydrogen-bond donors (Lipinski definition) is 1. The number of nitrogens with one attached hydrogen (secondary N) is 1. The van der Waals surface area contributed by atoms with Crippen LogP contribution in [0.1, 0.15) is 64.2 Å². The van der Waals surface area contributed by atoms with E-state index in [0.29, 0.717) is 11.9 Å². The summed E-state index contributed by atoms with van der Waals surface area (Å²) in [6.07, 6.45) is 13.4. The van der Waals surface area contributed by atoms with Crippen LogP contribution in [0.15, 0.2) is 0 Å². The third-order valence-corrected chi connectivity index (χ3v) is 8.35. The van der Waals surface area contributed by atoms with Gasteiger partial charge in [-0.05, 0) is 101 Å². The molecule has 2 heterocycles. The lowest BCUT2D eigenvalue weighted by Crippen LogP contribution is -2.58. The third-order valence-electron chi connectivity index (χ3n) is 8.35. The van der Waals surface area contributed by atoms with Crippen LogP contribution in [0.25, 0.3) is 0 Å². The highest BCUT2D eigenvalue weighted by Gasteiger charge is 2.49. The largest absolute Gasteiger partial charge is 0.351 e. The molecule has 1 N–H and O–H groups in total. The summed E-state index contributed by atoms with van der Waals surface area (Å²) in [4.78, 5) is 18.2. The van der Waals surface area contributed by atoms with Crippen LogP contribution in [0.3, 0.4) is 0 Å². The fourth-order valence-electron chi connectivity index (χ4n) is 7.26. The second-order valence-corrected chi connectivity index (χ2v) is 10.1. The minimum Gasteiger partial charge on any atom is -0.351 e. The molecule has 1 amide bonds. The molecular formula is C22H37N3O. The highest BCUT2D eigenvalue weighted by Crippen LogP contribution is 2.53. The van der Waals surface area contributed by atoms with E-state index in [-0.39, 0.29) is 6.04 Å². The molecule has 6 rings (SSSR count). The van der Waals surface area contributed by atoms with Crippen molar-refractivity contribution in [2.75, 3.05) is 32.7 Å². The molecule has 0 aromatic heterocycles. The molecule has 4 bridgehead atoms. The number of nitrogens with zero attached hydrogens (tertiary/aromatic N) is 2. The molecule has 146 valence electrons. The molecule has 0 aromatic carbocycles. The molecule has 4 heteroatoms. The molecule has 26 heavy (non-hydrogen) atoms. The first kappa shape index (κ1) is 17.5. The first-order chi connectivity index (χ1) is 12.8. The maximum absolute atomic E-state index is 13.1. The van der Waals surface area contributed by atoms with Crippen molar-refractivity contribution in [3.63, 3.8) is 0 Å². The lowest BCUT2D eigenvalue weighted by molar-refractivity contribution is -0.129. The monoisotopic (exact) mass is 359 g/mol. The highest BCUT2D eigenvalue weighted by molar-refractivity contribution is 5.82. The van der Waals surface area contributed by atoms with E-state index in [0.717, 1.165) is 49.7 Å². The van der Waals surface area contributed by atoms with Gasteiger partial charge in [0, 0.05) is 19.1 Å². The van der Waals surface area contributed by atoms with Gasteiger partial charge in [0.05, 0.1) is 6.04 Å². The Bertz CT molecular complexity index is 488. The Hall–Kier alpha value is -0.610. The number of rotatable bonds is 5. The van der Waals surface area contributed by atoms with Crippen molar-refractivity contribution in [1.82, 2.24) is 15.1 Å². The Balaban J connectivity index is 1.16. The van der Waals surface area contributed by atoms with Crippen molar-refractivity contribution in [3.8, 4) is 0 Å². The lowest BCUT2D eigenvalue weighted by Gasteiger charge is -2.54. The average Bonchev–Trinajstić information content (AvgIpc) is 3.12. The van der Waals surface area contributed by atoms with Gasteiger partial charge in [-0.3, -0.25) is 9.69 Å². The summed E-state index contributed by atoms with van der Waals surface area (Å²) < 4.78 is 0. The Morgan fingerprint density at radius 3 is 2.19 bits per heavy atom.